The van der Waals surface area contributed by atoms with E-state index >= 15 is 0 Å². The lowest BCUT2D eigenvalue weighted by Crippen LogP contribution is -2.53. The van der Waals surface area contributed by atoms with Crippen LogP contribution in [0.1, 0.15) is 60.3 Å². The van der Waals surface area contributed by atoms with Gasteiger partial charge < -0.3 is 15.7 Å². The molecule has 0 radical (unpaired) electrons. The number of carbonyl (C=O) groups excluding carboxylic acids is 1. The largest absolute Gasteiger partial charge is 0.481 e. The SMILES string of the molecule is CC1CCC(NC(=O)NC(CC(=O)O)C(C)(C)C)C(C)C1. The van der Waals surface area contributed by atoms with Gasteiger partial charge in [0.25, 0.3) is 0 Å². The maximum atomic E-state index is 12.2. The zero-order valence-electron chi connectivity index (χ0n) is 13.9. The molecule has 0 saturated heterocycles. The van der Waals surface area contributed by atoms with Gasteiger partial charge in [-0.15, -0.1) is 0 Å². The van der Waals surface area contributed by atoms with Crippen LogP contribution in [0.25, 0.3) is 0 Å². The van der Waals surface area contributed by atoms with E-state index in [9.17, 15) is 9.59 Å². The number of nitrogens with one attached hydrogen (secondary N) is 2. The molecule has 122 valence electrons. The van der Waals surface area contributed by atoms with Crippen LogP contribution in [0.15, 0.2) is 0 Å². The summed E-state index contributed by atoms with van der Waals surface area (Å²) >= 11 is 0. The Bertz CT molecular complexity index is 376. The number of amides is 2. The molecule has 0 heterocycles. The summed E-state index contributed by atoms with van der Waals surface area (Å²) in [5.41, 5.74) is -0.289. The Morgan fingerprint density at radius 3 is 2.33 bits per heavy atom. The predicted molar refractivity (Wildman–Crippen MR) is 83.1 cm³/mol. The lowest BCUT2D eigenvalue weighted by molar-refractivity contribution is -0.138. The summed E-state index contributed by atoms with van der Waals surface area (Å²) in [4.78, 5) is 23.1. The summed E-state index contributed by atoms with van der Waals surface area (Å²) in [5, 5.41) is 14.8. The van der Waals surface area contributed by atoms with Crippen molar-refractivity contribution in [1.29, 1.82) is 0 Å². The standard InChI is InChI=1S/C16H30N2O3/c1-10-6-7-12(11(2)8-10)17-15(21)18-13(9-14(19)20)16(3,4)5/h10-13H,6-9H2,1-5H3,(H,19,20)(H2,17,18,21). The van der Waals surface area contributed by atoms with Crippen molar-refractivity contribution in [3.63, 3.8) is 0 Å². The van der Waals surface area contributed by atoms with Crippen LogP contribution < -0.4 is 10.6 Å². The molecule has 5 nitrogen and oxygen atoms in total. The topological polar surface area (TPSA) is 78.4 Å². The first-order valence-electron chi connectivity index (χ1n) is 7.88. The van der Waals surface area contributed by atoms with Crippen LogP contribution in [0, 0.1) is 17.3 Å². The summed E-state index contributed by atoms with van der Waals surface area (Å²) in [7, 11) is 0. The summed E-state index contributed by atoms with van der Waals surface area (Å²) in [5.74, 6) is 0.289. The molecule has 1 aliphatic rings. The Balaban J connectivity index is 2.56. The van der Waals surface area contributed by atoms with Crippen LogP contribution in [-0.4, -0.2) is 29.2 Å². The van der Waals surface area contributed by atoms with E-state index in [0.29, 0.717) is 5.92 Å². The van der Waals surface area contributed by atoms with Crippen LogP contribution in [0.4, 0.5) is 4.79 Å². The summed E-state index contributed by atoms with van der Waals surface area (Å²) in [6.07, 6.45) is 3.19. The highest BCUT2D eigenvalue weighted by atomic mass is 16.4. The zero-order valence-corrected chi connectivity index (χ0v) is 13.9. The highest BCUT2D eigenvalue weighted by Crippen LogP contribution is 2.28. The molecule has 0 spiro atoms. The molecule has 1 fully saturated rings. The Labute approximate surface area is 127 Å². The average Bonchev–Trinajstić information content (AvgIpc) is 2.30. The Morgan fingerprint density at radius 2 is 1.86 bits per heavy atom. The first-order chi connectivity index (χ1) is 9.59. The quantitative estimate of drug-likeness (QED) is 0.746. The number of aliphatic carboxylic acids is 1. The molecule has 1 saturated carbocycles. The second kappa shape index (κ2) is 7.14. The number of carboxylic acid groups (broad SMARTS) is 1. The molecule has 0 aromatic heterocycles. The number of carboxylic acids is 1. The van der Waals surface area contributed by atoms with Gasteiger partial charge in [0.05, 0.1) is 6.42 Å². The Hall–Kier alpha value is -1.26. The summed E-state index contributed by atoms with van der Waals surface area (Å²) in [6, 6.07) is -0.443. The minimum Gasteiger partial charge on any atom is -0.481 e. The first-order valence-corrected chi connectivity index (χ1v) is 7.88. The average molecular weight is 298 g/mol. The van der Waals surface area contributed by atoms with E-state index in [1.54, 1.807) is 0 Å². The molecule has 0 aliphatic heterocycles. The highest BCUT2D eigenvalue weighted by molar-refractivity contribution is 5.76. The molecule has 0 bridgehead atoms. The van der Waals surface area contributed by atoms with Crippen LogP contribution in [0.5, 0.6) is 0 Å². The number of hydrogen-bond acceptors (Lipinski definition) is 2. The monoisotopic (exact) mass is 298 g/mol. The Morgan fingerprint density at radius 1 is 1.24 bits per heavy atom. The second-order valence-electron chi connectivity index (χ2n) is 7.64. The number of carbonyl (C=O) groups is 2. The molecule has 21 heavy (non-hydrogen) atoms. The maximum absolute atomic E-state index is 12.2. The fraction of sp³-hybridized carbons (Fsp3) is 0.875. The van der Waals surface area contributed by atoms with Crippen molar-refractivity contribution < 1.29 is 14.7 Å². The van der Waals surface area contributed by atoms with Gasteiger partial charge in [-0.3, -0.25) is 4.79 Å². The number of rotatable bonds is 4. The fourth-order valence-electron chi connectivity index (χ4n) is 3.00. The fourth-order valence-corrected chi connectivity index (χ4v) is 3.00. The minimum absolute atomic E-state index is 0.0613. The number of hydrogen-bond donors (Lipinski definition) is 3. The van der Waals surface area contributed by atoms with Gasteiger partial charge in [-0.1, -0.05) is 34.6 Å². The molecule has 3 N–H and O–H groups in total. The molecule has 0 aromatic rings. The van der Waals surface area contributed by atoms with Gasteiger partial charge >= 0.3 is 12.0 Å². The molecule has 1 rings (SSSR count). The van der Waals surface area contributed by atoms with E-state index in [0.717, 1.165) is 25.2 Å². The van der Waals surface area contributed by atoms with Crippen LogP contribution in [0.2, 0.25) is 0 Å². The zero-order chi connectivity index (χ0) is 16.2. The lowest BCUT2D eigenvalue weighted by Gasteiger charge is -2.35. The van der Waals surface area contributed by atoms with Gasteiger partial charge in [-0.25, -0.2) is 4.79 Å². The van der Waals surface area contributed by atoms with Crippen molar-refractivity contribution in [2.75, 3.05) is 0 Å². The highest BCUT2D eigenvalue weighted by Gasteiger charge is 2.31. The third kappa shape index (κ3) is 5.94. The Kier molecular flexibility index (Phi) is 6.05. The predicted octanol–water partition coefficient (Wildman–Crippen LogP) is 3.00. The van der Waals surface area contributed by atoms with E-state index in [-0.39, 0.29) is 30.0 Å². The smallest absolute Gasteiger partial charge is 0.315 e. The van der Waals surface area contributed by atoms with E-state index in [4.69, 9.17) is 5.11 Å². The molecule has 4 unspecified atom stereocenters. The van der Waals surface area contributed by atoms with Gasteiger partial charge in [-0.05, 0) is 36.5 Å². The normalized spacial score (nSPS) is 27.8. The molecule has 5 heteroatoms. The van der Waals surface area contributed by atoms with Crippen molar-refractivity contribution in [3.8, 4) is 0 Å². The van der Waals surface area contributed by atoms with E-state index in [2.05, 4.69) is 24.5 Å². The maximum Gasteiger partial charge on any atom is 0.315 e. The third-order valence-corrected chi connectivity index (χ3v) is 4.48. The molecule has 1 aliphatic carbocycles. The van der Waals surface area contributed by atoms with Crippen molar-refractivity contribution in [1.82, 2.24) is 10.6 Å². The lowest BCUT2D eigenvalue weighted by atomic mass is 9.80. The van der Waals surface area contributed by atoms with Crippen LogP contribution >= 0.6 is 0 Å². The van der Waals surface area contributed by atoms with Crippen LogP contribution in [-0.2, 0) is 4.79 Å². The van der Waals surface area contributed by atoms with Crippen molar-refractivity contribution in [2.24, 2.45) is 17.3 Å². The molecular formula is C16H30N2O3. The van der Waals surface area contributed by atoms with Crippen molar-refractivity contribution in [3.05, 3.63) is 0 Å². The van der Waals surface area contributed by atoms with Crippen molar-refractivity contribution in [2.45, 2.75) is 72.4 Å². The van der Waals surface area contributed by atoms with Crippen LogP contribution in [0.3, 0.4) is 0 Å². The van der Waals surface area contributed by atoms with E-state index in [1.165, 1.54) is 0 Å². The molecule has 2 amide bonds. The summed E-state index contributed by atoms with van der Waals surface area (Å²) < 4.78 is 0. The van der Waals surface area contributed by atoms with Gasteiger partial charge in [0.2, 0.25) is 0 Å². The molecule has 0 aromatic carbocycles. The van der Waals surface area contributed by atoms with Gasteiger partial charge in [0.15, 0.2) is 0 Å². The van der Waals surface area contributed by atoms with E-state index in [1.807, 2.05) is 20.8 Å². The van der Waals surface area contributed by atoms with Gasteiger partial charge in [0, 0.05) is 12.1 Å². The van der Waals surface area contributed by atoms with E-state index < -0.39 is 5.97 Å². The minimum atomic E-state index is -0.893. The molecular weight excluding hydrogens is 268 g/mol. The first kappa shape index (κ1) is 17.8. The second-order valence-corrected chi connectivity index (χ2v) is 7.64. The van der Waals surface area contributed by atoms with Gasteiger partial charge in [0.1, 0.15) is 0 Å². The van der Waals surface area contributed by atoms with Crippen molar-refractivity contribution >= 4 is 12.0 Å². The molecule has 4 atom stereocenters. The summed E-state index contributed by atoms with van der Waals surface area (Å²) in [6.45, 7) is 10.2. The third-order valence-electron chi connectivity index (χ3n) is 4.48. The number of urea groups is 1. The van der Waals surface area contributed by atoms with Gasteiger partial charge in [-0.2, -0.15) is 0 Å².